The van der Waals surface area contributed by atoms with Crippen molar-refractivity contribution in [3.05, 3.63) is 29.3 Å². The third-order valence-electron chi connectivity index (χ3n) is 2.21. The summed E-state index contributed by atoms with van der Waals surface area (Å²) in [4.78, 5) is 21.7. The maximum absolute atomic E-state index is 11.3. The Morgan fingerprint density at radius 2 is 1.95 bits per heavy atom. The van der Waals surface area contributed by atoms with Crippen LogP contribution in [0.5, 0.6) is 5.75 Å². The summed E-state index contributed by atoms with van der Waals surface area (Å²) in [5.41, 5.74) is 0. The number of benzene rings is 1. The lowest BCUT2D eigenvalue weighted by Crippen LogP contribution is -2.33. The first-order valence-corrected chi connectivity index (χ1v) is 5.93. The fraction of sp³-hybridized carbons (Fsp3) is 0.333. The van der Waals surface area contributed by atoms with Gasteiger partial charge in [0.1, 0.15) is 5.75 Å². The van der Waals surface area contributed by atoms with Crippen molar-refractivity contribution >= 4 is 23.5 Å². The van der Waals surface area contributed by atoms with Gasteiger partial charge in [-0.25, -0.2) is 4.79 Å². The molecule has 0 fully saturated rings. The molecular formula is C12H14ClNO5. The number of nitrogens with one attached hydrogen (secondary N) is 1. The predicted octanol–water partition coefficient (Wildman–Crippen LogP) is 0.671. The highest BCUT2D eigenvalue weighted by molar-refractivity contribution is 6.30. The zero-order valence-corrected chi connectivity index (χ0v) is 10.8. The molecule has 0 aliphatic heterocycles. The number of aliphatic hydroxyl groups excluding tert-OH is 1. The molecule has 1 aromatic carbocycles. The van der Waals surface area contributed by atoms with Crippen LogP contribution >= 0.6 is 11.6 Å². The van der Waals surface area contributed by atoms with E-state index in [4.69, 9.17) is 26.6 Å². The maximum Gasteiger partial charge on any atom is 0.332 e. The van der Waals surface area contributed by atoms with Crippen LogP contribution in [-0.2, 0) is 9.59 Å². The highest BCUT2D eigenvalue weighted by Gasteiger charge is 2.12. The number of hydrogen-bond donors (Lipinski definition) is 3. The molecule has 7 heteroatoms. The molecule has 0 saturated heterocycles. The van der Waals surface area contributed by atoms with E-state index in [0.717, 1.165) is 0 Å². The number of halogens is 1. The number of aliphatic hydroxyl groups is 1. The Balaban J connectivity index is 2.21. The topological polar surface area (TPSA) is 95.9 Å². The highest BCUT2D eigenvalue weighted by Crippen LogP contribution is 2.15. The van der Waals surface area contributed by atoms with Crippen LogP contribution in [0.2, 0.25) is 5.02 Å². The second-order valence-corrected chi connectivity index (χ2v) is 4.17. The molecule has 0 spiro atoms. The normalized spacial score (nSPS) is 11.7. The standard InChI is InChI=1S/C12H14ClNO5/c13-8-1-3-9(4-2-8)19-7-11(16)14-6-5-10(15)12(17)18/h1-4,10,15H,5-7H2,(H,14,16)(H,17,18). The third kappa shape index (κ3) is 6.08. The van der Waals surface area contributed by atoms with Crippen LogP contribution in [0, 0.1) is 0 Å². The van der Waals surface area contributed by atoms with Gasteiger partial charge in [-0.15, -0.1) is 0 Å². The molecular weight excluding hydrogens is 274 g/mol. The molecule has 104 valence electrons. The van der Waals surface area contributed by atoms with Crippen LogP contribution in [0.25, 0.3) is 0 Å². The molecule has 0 aromatic heterocycles. The first-order chi connectivity index (χ1) is 8.99. The maximum atomic E-state index is 11.3. The minimum Gasteiger partial charge on any atom is -0.484 e. The van der Waals surface area contributed by atoms with Crippen LogP contribution in [0.15, 0.2) is 24.3 Å². The summed E-state index contributed by atoms with van der Waals surface area (Å²) in [6.45, 7) is -0.124. The van der Waals surface area contributed by atoms with Crippen molar-refractivity contribution in [2.45, 2.75) is 12.5 Å². The van der Waals surface area contributed by atoms with Crippen molar-refractivity contribution in [2.24, 2.45) is 0 Å². The molecule has 19 heavy (non-hydrogen) atoms. The summed E-state index contributed by atoms with van der Waals surface area (Å²) in [5, 5.41) is 20.4. The molecule has 1 unspecified atom stereocenters. The number of hydrogen-bond acceptors (Lipinski definition) is 4. The molecule has 0 aliphatic carbocycles. The van der Waals surface area contributed by atoms with Gasteiger partial charge in [0, 0.05) is 18.0 Å². The molecule has 0 bridgehead atoms. The van der Waals surface area contributed by atoms with E-state index in [1.54, 1.807) is 24.3 Å². The van der Waals surface area contributed by atoms with Gasteiger partial charge in [-0.2, -0.15) is 0 Å². The molecule has 0 radical (unpaired) electrons. The smallest absolute Gasteiger partial charge is 0.332 e. The summed E-state index contributed by atoms with van der Waals surface area (Å²) >= 11 is 5.69. The number of aliphatic carboxylic acids is 1. The van der Waals surface area contributed by atoms with Gasteiger partial charge in [0.15, 0.2) is 12.7 Å². The lowest BCUT2D eigenvalue weighted by molar-refractivity contribution is -0.147. The predicted molar refractivity (Wildman–Crippen MR) is 68.2 cm³/mol. The largest absolute Gasteiger partial charge is 0.484 e. The first kappa shape index (κ1) is 15.3. The van der Waals surface area contributed by atoms with Gasteiger partial charge in [-0.05, 0) is 24.3 Å². The second-order valence-electron chi connectivity index (χ2n) is 3.74. The van der Waals surface area contributed by atoms with E-state index in [0.29, 0.717) is 10.8 Å². The zero-order valence-electron chi connectivity index (χ0n) is 10.0. The number of carbonyl (C=O) groups excluding carboxylic acids is 1. The zero-order chi connectivity index (χ0) is 14.3. The average molecular weight is 288 g/mol. The van der Waals surface area contributed by atoms with E-state index < -0.39 is 18.0 Å². The summed E-state index contributed by atoms with van der Waals surface area (Å²) in [7, 11) is 0. The lowest BCUT2D eigenvalue weighted by Gasteiger charge is -2.08. The number of rotatable bonds is 7. The van der Waals surface area contributed by atoms with Crippen molar-refractivity contribution in [1.29, 1.82) is 0 Å². The lowest BCUT2D eigenvalue weighted by atomic mass is 10.2. The second kappa shape index (κ2) is 7.60. The van der Waals surface area contributed by atoms with Crippen molar-refractivity contribution in [1.82, 2.24) is 5.32 Å². The molecule has 1 atom stereocenters. The summed E-state index contributed by atoms with van der Waals surface area (Å²) < 4.78 is 5.18. The van der Waals surface area contributed by atoms with Crippen LogP contribution in [-0.4, -0.2) is 41.3 Å². The number of carbonyl (C=O) groups is 2. The quantitative estimate of drug-likeness (QED) is 0.685. The Bertz CT molecular complexity index is 434. The fourth-order valence-electron chi connectivity index (χ4n) is 1.20. The molecule has 1 amide bonds. The summed E-state index contributed by atoms with van der Waals surface area (Å²) in [6, 6.07) is 6.53. The Morgan fingerprint density at radius 1 is 1.32 bits per heavy atom. The fourth-order valence-corrected chi connectivity index (χ4v) is 1.33. The van der Waals surface area contributed by atoms with Gasteiger partial charge >= 0.3 is 5.97 Å². The number of ether oxygens (including phenoxy) is 1. The van der Waals surface area contributed by atoms with Crippen LogP contribution < -0.4 is 10.1 Å². The minimum atomic E-state index is -1.47. The van der Waals surface area contributed by atoms with Crippen LogP contribution in [0.1, 0.15) is 6.42 Å². The van der Waals surface area contributed by atoms with E-state index in [9.17, 15) is 9.59 Å². The summed E-state index contributed by atoms with van der Waals surface area (Å²) in [6.07, 6.45) is -1.53. The van der Waals surface area contributed by atoms with Crippen LogP contribution in [0.4, 0.5) is 0 Å². The Kier molecular flexibility index (Phi) is 6.11. The van der Waals surface area contributed by atoms with Crippen molar-refractivity contribution in [3.8, 4) is 5.75 Å². The molecule has 3 N–H and O–H groups in total. The van der Waals surface area contributed by atoms with Crippen molar-refractivity contribution < 1.29 is 24.5 Å². The number of carboxylic acids is 1. The highest BCUT2D eigenvalue weighted by atomic mass is 35.5. The van der Waals surface area contributed by atoms with E-state index in [-0.39, 0.29) is 19.6 Å². The molecule has 0 saturated carbocycles. The van der Waals surface area contributed by atoms with Gasteiger partial charge in [0.25, 0.3) is 5.91 Å². The molecule has 6 nitrogen and oxygen atoms in total. The molecule has 0 aliphatic rings. The molecule has 1 rings (SSSR count). The Labute approximate surface area is 114 Å². The third-order valence-corrected chi connectivity index (χ3v) is 2.46. The molecule has 1 aromatic rings. The Hall–Kier alpha value is -1.79. The number of amides is 1. The first-order valence-electron chi connectivity index (χ1n) is 5.55. The van der Waals surface area contributed by atoms with Crippen molar-refractivity contribution in [2.75, 3.05) is 13.2 Å². The average Bonchev–Trinajstić information content (AvgIpc) is 2.37. The Morgan fingerprint density at radius 3 is 2.53 bits per heavy atom. The van der Waals surface area contributed by atoms with Gasteiger partial charge in [-0.3, -0.25) is 4.79 Å². The summed E-state index contributed by atoms with van der Waals surface area (Å²) in [5.74, 6) is -1.20. The van der Waals surface area contributed by atoms with Crippen molar-refractivity contribution in [3.63, 3.8) is 0 Å². The van der Waals surface area contributed by atoms with Gasteiger partial charge in [-0.1, -0.05) is 11.6 Å². The van der Waals surface area contributed by atoms with Crippen LogP contribution in [0.3, 0.4) is 0 Å². The van der Waals surface area contributed by atoms with E-state index >= 15 is 0 Å². The van der Waals surface area contributed by atoms with E-state index in [2.05, 4.69) is 5.32 Å². The number of carboxylic acid groups (broad SMARTS) is 1. The minimum absolute atomic E-state index is 0.0536. The molecule has 0 heterocycles. The SMILES string of the molecule is O=C(COc1ccc(Cl)cc1)NCCC(O)C(=O)O. The van der Waals surface area contributed by atoms with Gasteiger partial charge in [0.2, 0.25) is 0 Å². The monoisotopic (exact) mass is 287 g/mol. The van der Waals surface area contributed by atoms with Gasteiger partial charge in [0.05, 0.1) is 0 Å². The van der Waals surface area contributed by atoms with Gasteiger partial charge < -0.3 is 20.3 Å². The van der Waals surface area contributed by atoms with E-state index in [1.807, 2.05) is 0 Å². The van der Waals surface area contributed by atoms with E-state index in [1.165, 1.54) is 0 Å².